The van der Waals surface area contributed by atoms with Crippen LogP contribution in [0.4, 0.5) is 4.39 Å². The summed E-state index contributed by atoms with van der Waals surface area (Å²) in [7, 11) is 0. The largest absolute Gasteiger partial charge is 0.345 e. The predicted molar refractivity (Wildman–Crippen MR) is 123 cm³/mol. The highest BCUT2D eigenvalue weighted by atomic mass is 35.5. The van der Waals surface area contributed by atoms with Gasteiger partial charge in [0.25, 0.3) is 0 Å². The van der Waals surface area contributed by atoms with Crippen molar-refractivity contribution in [2.75, 3.05) is 0 Å². The van der Waals surface area contributed by atoms with Gasteiger partial charge in [0, 0.05) is 29.5 Å². The van der Waals surface area contributed by atoms with Crippen LogP contribution in [0.3, 0.4) is 0 Å². The van der Waals surface area contributed by atoms with Crippen LogP contribution in [-0.4, -0.2) is 21.4 Å². The molecule has 0 aliphatic heterocycles. The lowest BCUT2D eigenvalue weighted by Gasteiger charge is -2.35. The van der Waals surface area contributed by atoms with E-state index in [1.807, 2.05) is 41.4 Å². The molecule has 1 aliphatic rings. The summed E-state index contributed by atoms with van der Waals surface area (Å²) in [6, 6.07) is 18.5. The molecule has 0 radical (unpaired) electrons. The van der Waals surface area contributed by atoms with Crippen LogP contribution in [0.5, 0.6) is 0 Å². The highest BCUT2D eigenvalue weighted by Gasteiger charge is 2.26. The monoisotopic (exact) mass is 438 g/mol. The first kappa shape index (κ1) is 21.6. The first-order chi connectivity index (χ1) is 15.1. The molecule has 0 spiro atoms. The van der Waals surface area contributed by atoms with Crippen molar-refractivity contribution < 1.29 is 9.18 Å². The fraction of sp³-hybridized carbons (Fsp3) is 0.346. The second kappa shape index (κ2) is 10.1. The van der Waals surface area contributed by atoms with Gasteiger partial charge in [0.1, 0.15) is 5.82 Å². The minimum atomic E-state index is -0.280. The zero-order valence-electron chi connectivity index (χ0n) is 17.6. The van der Waals surface area contributed by atoms with E-state index in [1.54, 1.807) is 12.1 Å². The van der Waals surface area contributed by atoms with Crippen molar-refractivity contribution in [3.8, 4) is 0 Å². The van der Waals surface area contributed by atoms with E-state index in [0.29, 0.717) is 19.5 Å². The highest BCUT2D eigenvalue weighted by Crippen LogP contribution is 2.26. The van der Waals surface area contributed by atoms with E-state index in [-0.39, 0.29) is 17.8 Å². The van der Waals surface area contributed by atoms with Crippen LogP contribution in [0.15, 0.2) is 66.9 Å². The number of carbonyl (C=O) groups excluding carboxylic acids is 1. The van der Waals surface area contributed by atoms with E-state index in [9.17, 15) is 9.18 Å². The van der Waals surface area contributed by atoms with Crippen LogP contribution in [0.1, 0.15) is 48.9 Å². The number of amides is 1. The predicted octanol–water partition coefficient (Wildman–Crippen LogP) is 6.23. The second-order valence-corrected chi connectivity index (χ2v) is 8.74. The molecule has 3 nitrogen and oxygen atoms in total. The van der Waals surface area contributed by atoms with Gasteiger partial charge in [0.15, 0.2) is 0 Å². The van der Waals surface area contributed by atoms with Crippen molar-refractivity contribution in [3.63, 3.8) is 0 Å². The summed E-state index contributed by atoms with van der Waals surface area (Å²) >= 11 is 6.37. The zero-order valence-corrected chi connectivity index (χ0v) is 18.4. The van der Waals surface area contributed by atoms with Crippen LogP contribution >= 0.6 is 11.6 Å². The van der Waals surface area contributed by atoms with Crippen molar-refractivity contribution in [2.45, 2.75) is 57.7 Å². The van der Waals surface area contributed by atoms with Gasteiger partial charge >= 0.3 is 0 Å². The van der Waals surface area contributed by atoms with Crippen LogP contribution in [-0.2, 0) is 24.3 Å². The van der Waals surface area contributed by atoms with Crippen molar-refractivity contribution >= 4 is 17.5 Å². The fourth-order valence-electron chi connectivity index (χ4n) is 4.42. The Hall–Kier alpha value is -2.59. The number of aromatic nitrogens is 1. The van der Waals surface area contributed by atoms with E-state index in [0.717, 1.165) is 47.5 Å². The van der Waals surface area contributed by atoms with Gasteiger partial charge in [-0.1, -0.05) is 61.2 Å². The standard InChI is InChI=1S/C26H28ClFN2O/c27-25-11-5-4-7-21(25)18-29-16-6-10-24(29)19-30(23-8-2-1-3-9-23)26(31)17-20-12-14-22(28)15-13-20/h4-7,10-16,23H,1-3,8-9,17-19H2. The first-order valence-corrected chi connectivity index (χ1v) is 11.4. The third-order valence-corrected chi connectivity index (χ3v) is 6.53. The topological polar surface area (TPSA) is 25.2 Å². The lowest BCUT2D eigenvalue weighted by Crippen LogP contribution is -2.42. The summed E-state index contributed by atoms with van der Waals surface area (Å²) in [6.45, 7) is 1.24. The Morgan fingerprint density at radius 2 is 1.74 bits per heavy atom. The zero-order chi connectivity index (χ0) is 21.6. The second-order valence-electron chi connectivity index (χ2n) is 8.34. The van der Waals surface area contributed by atoms with E-state index < -0.39 is 0 Å². The molecule has 31 heavy (non-hydrogen) atoms. The third-order valence-electron chi connectivity index (χ3n) is 6.16. The molecule has 5 heteroatoms. The summed E-state index contributed by atoms with van der Waals surface area (Å²) < 4.78 is 15.4. The highest BCUT2D eigenvalue weighted by molar-refractivity contribution is 6.31. The smallest absolute Gasteiger partial charge is 0.227 e. The lowest BCUT2D eigenvalue weighted by atomic mass is 9.93. The van der Waals surface area contributed by atoms with Crippen LogP contribution in [0.2, 0.25) is 5.02 Å². The molecular formula is C26H28ClFN2O. The van der Waals surface area contributed by atoms with Gasteiger partial charge in [0.2, 0.25) is 5.91 Å². The number of hydrogen-bond donors (Lipinski definition) is 0. The summed E-state index contributed by atoms with van der Waals surface area (Å²) in [5.74, 6) is -0.179. The van der Waals surface area contributed by atoms with Gasteiger partial charge in [-0.15, -0.1) is 0 Å². The Morgan fingerprint density at radius 3 is 2.48 bits per heavy atom. The molecule has 1 amide bonds. The van der Waals surface area contributed by atoms with Crippen LogP contribution in [0.25, 0.3) is 0 Å². The van der Waals surface area contributed by atoms with E-state index >= 15 is 0 Å². The fourth-order valence-corrected chi connectivity index (χ4v) is 4.62. The number of nitrogens with zero attached hydrogens (tertiary/aromatic N) is 2. The summed E-state index contributed by atoms with van der Waals surface area (Å²) in [5.41, 5.74) is 3.00. The van der Waals surface area contributed by atoms with Crippen LogP contribution in [0, 0.1) is 5.82 Å². The lowest BCUT2D eigenvalue weighted by molar-refractivity contribution is -0.134. The molecule has 3 aromatic rings. The maximum Gasteiger partial charge on any atom is 0.227 e. The molecule has 0 bridgehead atoms. The van der Waals surface area contributed by atoms with Crippen LogP contribution < -0.4 is 0 Å². The Kier molecular flexibility index (Phi) is 7.08. The Morgan fingerprint density at radius 1 is 1.00 bits per heavy atom. The van der Waals surface area contributed by atoms with Crippen molar-refractivity contribution in [3.05, 3.63) is 94.5 Å². The molecule has 1 aromatic heterocycles. The number of halogens is 2. The van der Waals surface area contributed by atoms with Gasteiger partial charge in [-0.3, -0.25) is 4.79 Å². The minimum Gasteiger partial charge on any atom is -0.345 e. The molecular weight excluding hydrogens is 411 g/mol. The molecule has 4 rings (SSSR count). The molecule has 0 saturated heterocycles. The van der Waals surface area contributed by atoms with Gasteiger partial charge in [0.05, 0.1) is 13.0 Å². The van der Waals surface area contributed by atoms with Gasteiger partial charge in [-0.25, -0.2) is 4.39 Å². The van der Waals surface area contributed by atoms with Gasteiger partial charge < -0.3 is 9.47 Å². The molecule has 0 unspecified atom stereocenters. The molecule has 1 saturated carbocycles. The number of carbonyl (C=O) groups is 1. The summed E-state index contributed by atoms with van der Waals surface area (Å²) in [5, 5.41) is 0.749. The van der Waals surface area contributed by atoms with Gasteiger partial charge in [-0.2, -0.15) is 0 Å². The number of benzene rings is 2. The molecule has 2 aromatic carbocycles. The van der Waals surface area contributed by atoms with E-state index in [2.05, 4.69) is 10.6 Å². The first-order valence-electron chi connectivity index (χ1n) is 11.0. The molecule has 1 heterocycles. The van der Waals surface area contributed by atoms with E-state index in [4.69, 9.17) is 11.6 Å². The maximum absolute atomic E-state index is 13.3. The minimum absolute atomic E-state index is 0.101. The molecule has 1 fully saturated rings. The molecule has 162 valence electrons. The van der Waals surface area contributed by atoms with Gasteiger partial charge in [-0.05, 0) is 54.3 Å². The molecule has 0 N–H and O–H groups in total. The number of rotatable bonds is 7. The molecule has 0 atom stereocenters. The summed E-state index contributed by atoms with van der Waals surface area (Å²) in [4.78, 5) is 15.4. The SMILES string of the molecule is O=C(Cc1ccc(F)cc1)N(Cc1cccn1Cc1ccccc1Cl)C1CCCCC1. The van der Waals surface area contributed by atoms with Crippen molar-refractivity contribution in [1.29, 1.82) is 0 Å². The normalized spacial score (nSPS) is 14.5. The Labute approximate surface area is 188 Å². The average Bonchev–Trinajstić information content (AvgIpc) is 3.22. The van der Waals surface area contributed by atoms with Crippen molar-refractivity contribution in [2.24, 2.45) is 0 Å². The molecule has 1 aliphatic carbocycles. The Balaban J connectivity index is 1.54. The number of hydrogen-bond acceptors (Lipinski definition) is 1. The maximum atomic E-state index is 13.3. The third kappa shape index (κ3) is 5.56. The quantitative estimate of drug-likeness (QED) is 0.429. The average molecular weight is 439 g/mol. The summed E-state index contributed by atoms with van der Waals surface area (Å²) in [6.07, 6.45) is 7.97. The van der Waals surface area contributed by atoms with Crippen molar-refractivity contribution in [1.82, 2.24) is 9.47 Å². The Bertz CT molecular complexity index is 1010. The van der Waals surface area contributed by atoms with E-state index in [1.165, 1.54) is 18.6 Å².